The van der Waals surface area contributed by atoms with Crippen LogP contribution >= 0.6 is 15.9 Å². The third-order valence-electron chi connectivity index (χ3n) is 2.68. The van der Waals surface area contributed by atoms with Gasteiger partial charge >= 0.3 is 6.18 Å². The first-order valence-electron chi connectivity index (χ1n) is 5.67. The predicted octanol–water partition coefficient (Wildman–Crippen LogP) is 4.29. The summed E-state index contributed by atoms with van der Waals surface area (Å²) < 4.78 is 38.3. The molecule has 1 aromatic heterocycles. The van der Waals surface area contributed by atoms with Crippen molar-refractivity contribution in [2.24, 2.45) is 0 Å². The molecule has 2 rings (SSSR count). The number of pyridine rings is 1. The number of hydrogen-bond acceptors (Lipinski definition) is 2. The fourth-order valence-corrected chi connectivity index (χ4v) is 2.17. The number of nitrogens with zero attached hydrogens (tertiary/aromatic N) is 1. The Hall–Kier alpha value is -1.69. The van der Waals surface area contributed by atoms with Gasteiger partial charge in [-0.25, -0.2) is 0 Å². The first kappa shape index (κ1) is 14.7. The van der Waals surface area contributed by atoms with Crippen molar-refractivity contribution < 1.29 is 18.0 Å². The highest BCUT2D eigenvalue weighted by Crippen LogP contribution is 2.32. The van der Waals surface area contributed by atoms with Crippen LogP contribution in [0.3, 0.4) is 0 Å². The molecule has 2 nitrogen and oxygen atoms in total. The second-order valence-corrected chi connectivity index (χ2v) is 5.01. The van der Waals surface area contributed by atoms with Gasteiger partial charge in [-0.1, -0.05) is 22.0 Å². The lowest BCUT2D eigenvalue weighted by Gasteiger charge is -2.10. The van der Waals surface area contributed by atoms with E-state index in [1.807, 2.05) is 0 Å². The Morgan fingerprint density at radius 3 is 2.60 bits per heavy atom. The SMILES string of the molecule is O=C(Cc1cccnc1)c1cc(C(F)(F)F)ccc1Br. The normalized spacial score (nSPS) is 11.4. The molecule has 0 fully saturated rings. The standard InChI is InChI=1S/C14H9BrF3NO/c15-12-4-3-10(14(16,17)18)7-11(12)13(20)6-9-2-1-5-19-8-9/h1-5,7-8H,6H2. The molecular formula is C14H9BrF3NO. The number of carbonyl (C=O) groups excluding carboxylic acids is 1. The molecule has 0 unspecified atom stereocenters. The molecule has 1 aromatic carbocycles. The predicted molar refractivity (Wildman–Crippen MR) is 71.4 cm³/mol. The average molecular weight is 344 g/mol. The number of Topliss-reactive ketones (excluding diaryl/α,β-unsaturated/α-hetero) is 1. The molecule has 0 N–H and O–H groups in total. The summed E-state index contributed by atoms with van der Waals surface area (Å²) in [5.41, 5.74) is -0.166. The van der Waals surface area contributed by atoms with Crippen LogP contribution in [-0.4, -0.2) is 10.8 Å². The van der Waals surface area contributed by atoms with Gasteiger partial charge in [0, 0.05) is 28.9 Å². The van der Waals surface area contributed by atoms with Gasteiger partial charge in [-0.05, 0) is 29.8 Å². The van der Waals surface area contributed by atoms with Crippen LogP contribution in [0, 0.1) is 0 Å². The van der Waals surface area contributed by atoms with E-state index in [-0.39, 0.29) is 12.0 Å². The molecule has 0 bridgehead atoms. The maximum Gasteiger partial charge on any atom is 0.416 e. The minimum Gasteiger partial charge on any atom is -0.294 e. The van der Waals surface area contributed by atoms with Crippen LogP contribution in [0.5, 0.6) is 0 Å². The van der Waals surface area contributed by atoms with Gasteiger partial charge in [-0.15, -0.1) is 0 Å². The molecule has 0 aliphatic rings. The molecule has 0 radical (unpaired) electrons. The zero-order chi connectivity index (χ0) is 14.8. The lowest BCUT2D eigenvalue weighted by Crippen LogP contribution is -2.10. The van der Waals surface area contributed by atoms with Crippen molar-refractivity contribution in [2.45, 2.75) is 12.6 Å². The van der Waals surface area contributed by atoms with E-state index in [0.29, 0.717) is 10.0 Å². The highest BCUT2D eigenvalue weighted by atomic mass is 79.9. The molecule has 0 saturated carbocycles. The third-order valence-corrected chi connectivity index (χ3v) is 3.37. The molecule has 0 atom stereocenters. The zero-order valence-corrected chi connectivity index (χ0v) is 11.7. The Balaban J connectivity index is 2.30. The molecule has 2 aromatic rings. The monoisotopic (exact) mass is 343 g/mol. The van der Waals surface area contributed by atoms with Crippen LogP contribution in [0.2, 0.25) is 0 Å². The van der Waals surface area contributed by atoms with Crippen LogP contribution in [0.4, 0.5) is 13.2 Å². The van der Waals surface area contributed by atoms with Crippen molar-refractivity contribution in [3.8, 4) is 0 Å². The molecule has 6 heteroatoms. The van der Waals surface area contributed by atoms with Crippen LogP contribution in [-0.2, 0) is 12.6 Å². The van der Waals surface area contributed by atoms with E-state index in [9.17, 15) is 18.0 Å². The number of benzene rings is 1. The van der Waals surface area contributed by atoms with E-state index in [1.54, 1.807) is 18.3 Å². The number of rotatable bonds is 3. The second kappa shape index (κ2) is 5.75. The van der Waals surface area contributed by atoms with E-state index in [4.69, 9.17) is 0 Å². The van der Waals surface area contributed by atoms with Gasteiger partial charge in [0.2, 0.25) is 0 Å². The van der Waals surface area contributed by atoms with Gasteiger partial charge in [0.1, 0.15) is 0 Å². The van der Waals surface area contributed by atoms with Crippen LogP contribution in [0.15, 0.2) is 47.2 Å². The Bertz CT molecular complexity index is 626. The quantitative estimate of drug-likeness (QED) is 0.778. The van der Waals surface area contributed by atoms with E-state index in [1.165, 1.54) is 12.3 Å². The maximum absolute atomic E-state index is 12.7. The van der Waals surface area contributed by atoms with Crippen molar-refractivity contribution in [3.63, 3.8) is 0 Å². The van der Waals surface area contributed by atoms with E-state index < -0.39 is 17.5 Å². The molecule has 1 heterocycles. The van der Waals surface area contributed by atoms with Crippen LogP contribution < -0.4 is 0 Å². The Kier molecular flexibility index (Phi) is 4.23. The largest absolute Gasteiger partial charge is 0.416 e. The molecule has 104 valence electrons. The van der Waals surface area contributed by atoms with Gasteiger partial charge in [-0.2, -0.15) is 13.2 Å². The number of halogens is 4. The van der Waals surface area contributed by atoms with E-state index in [0.717, 1.165) is 12.1 Å². The summed E-state index contributed by atoms with van der Waals surface area (Å²) in [6.07, 6.45) is -1.38. The minimum absolute atomic E-state index is 0.00769. The summed E-state index contributed by atoms with van der Waals surface area (Å²) in [6, 6.07) is 6.41. The fourth-order valence-electron chi connectivity index (χ4n) is 1.70. The van der Waals surface area contributed by atoms with Crippen LogP contribution in [0.1, 0.15) is 21.5 Å². The third kappa shape index (κ3) is 3.45. The number of hydrogen-bond donors (Lipinski definition) is 0. The molecule has 0 spiro atoms. The highest BCUT2D eigenvalue weighted by Gasteiger charge is 2.31. The van der Waals surface area contributed by atoms with Gasteiger partial charge in [-0.3, -0.25) is 9.78 Å². The first-order chi connectivity index (χ1) is 9.38. The van der Waals surface area contributed by atoms with Gasteiger partial charge in [0.25, 0.3) is 0 Å². The van der Waals surface area contributed by atoms with Crippen molar-refractivity contribution in [2.75, 3.05) is 0 Å². The first-order valence-corrected chi connectivity index (χ1v) is 6.46. The lowest BCUT2D eigenvalue weighted by molar-refractivity contribution is -0.137. The Morgan fingerprint density at radius 2 is 2.00 bits per heavy atom. The molecule has 0 amide bonds. The number of aromatic nitrogens is 1. The maximum atomic E-state index is 12.7. The summed E-state index contributed by atoms with van der Waals surface area (Å²) in [4.78, 5) is 16.0. The second-order valence-electron chi connectivity index (χ2n) is 4.15. The highest BCUT2D eigenvalue weighted by molar-refractivity contribution is 9.10. The number of ketones is 1. The number of carbonyl (C=O) groups is 1. The molecule has 0 saturated heterocycles. The van der Waals surface area contributed by atoms with Crippen molar-refractivity contribution in [1.29, 1.82) is 0 Å². The van der Waals surface area contributed by atoms with Crippen molar-refractivity contribution in [1.82, 2.24) is 4.98 Å². The fraction of sp³-hybridized carbons (Fsp3) is 0.143. The van der Waals surface area contributed by atoms with Gasteiger partial charge < -0.3 is 0 Å². The van der Waals surface area contributed by atoms with E-state index >= 15 is 0 Å². The molecule has 0 aliphatic heterocycles. The smallest absolute Gasteiger partial charge is 0.294 e. The summed E-state index contributed by atoms with van der Waals surface area (Å²) in [7, 11) is 0. The minimum atomic E-state index is -4.47. The summed E-state index contributed by atoms with van der Waals surface area (Å²) >= 11 is 3.11. The lowest BCUT2D eigenvalue weighted by atomic mass is 10.0. The number of alkyl halides is 3. The topological polar surface area (TPSA) is 30.0 Å². The zero-order valence-electron chi connectivity index (χ0n) is 10.1. The molecule has 20 heavy (non-hydrogen) atoms. The summed E-state index contributed by atoms with van der Waals surface area (Å²) in [5.74, 6) is -0.393. The summed E-state index contributed by atoms with van der Waals surface area (Å²) in [5, 5.41) is 0. The summed E-state index contributed by atoms with van der Waals surface area (Å²) in [6.45, 7) is 0. The Morgan fingerprint density at radius 1 is 1.25 bits per heavy atom. The van der Waals surface area contributed by atoms with Crippen molar-refractivity contribution >= 4 is 21.7 Å². The van der Waals surface area contributed by atoms with Gasteiger partial charge in [0.15, 0.2) is 5.78 Å². The molecule has 0 aliphatic carbocycles. The average Bonchev–Trinajstić information content (AvgIpc) is 2.39. The van der Waals surface area contributed by atoms with Crippen molar-refractivity contribution in [3.05, 3.63) is 63.9 Å². The molecular weight excluding hydrogens is 335 g/mol. The Labute approximate surface area is 121 Å². The van der Waals surface area contributed by atoms with Gasteiger partial charge in [0.05, 0.1) is 5.56 Å². The van der Waals surface area contributed by atoms with Crippen LogP contribution in [0.25, 0.3) is 0 Å². The van der Waals surface area contributed by atoms with E-state index in [2.05, 4.69) is 20.9 Å².